The fourth-order valence-corrected chi connectivity index (χ4v) is 5.42. The molecular weight excluding hydrogens is 332 g/mol. The third kappa shape index (κ3) is 3.29. The Bertz CT molecular complexity index is 665. The largest absolute Gasteiger partial charge is 0.462 e. The van der Waals surface area contributed by atoms with Crippen molar-refractivity contribution in [3.8, 4) is 0 Å². The van der Waals surface area contributed by atoms with E-state index in [2.05, 4.69) is 10.3 Å². The lowest BCUT2D eigenvalue weighted by Gasteiger charge is -2.46. The first-order valence-electron chi connectivity index (χ1n) is 9.69. The molecule has 2 aliphatic carbocycles. The van der Waals surface area contributed by atoms with Crippen LogP contribution in [0.4, 0.5) is 10.6 Å². The van der Waals surface area contributed by atoms with E-state index in [0.717, 1.165) is 12.8 Å². The minimum Gasteiger partial charge on any atom is -0.462 e. The molecule has 6 heteroatoms. The van der Waals surface area contributed by atoms with Gasteiger partial charge in [-0.25, -0.2) is 9.78 Å². The number of fused-ring (bicyclic) bond motifs is 2. The Morgan fingerprint density at radius 1 is 1.35 bits per heavy atom. The van der Waals surface area contributed by atoms with Gasteiger partial charge in [-0.3, -0.25) is 10.1 Å². The van der Waals surface area contributed by atoms with E-state index in [9.17, 15) is 9.59 Å². The van der Waals surface area contributed by atoms with Gasteiger partial charge in [0.15, 0.2) is 0 Å². The summed E-state index contributed by atoms with van der Waals surface area (Å²) in [7, 11) is 0. The van der Waals surface area contributed by atoms with Gasteiger partial charge < -0.3 is 9.47 Å². The lowest BCUT2D eigenvalue weighted by Crippen LogP contribution is -2.45. The minimum absolute atomic E-state index is 0.0307. The Labute approximate surface area is 153 Å². The lowest BCUT2D eigenvalue weighted by atomic mass is 9.58. The normalized spacial score (nSPS) is 35.8. The summed E-state index contributed by atoms with van der Waals surface area (Å²) in [5.74, 6) is 1.80. The van der Waals surface area contributed by atoms with Crippen molar-refractivity contribution in [1.29, 1.82) is 0 Å². The number of pyridine rings is 1. The van der Waals surface area contributed by atoms with E-state index in [4.69, 9.17) is 9.47 Å². The number of nitrogens with zero attached hydrogens (tertiary/aromatic N) is 1. The van der Waals surface area contributed by atoms with Crippen LogP contribution in [-0.4, -0.2) is 29.8 Å². The molecule has 1 amide bonds. The van der Waals surface area contributed by atoms with E-state index < -0.39 is 6.09 Å². The summed E-state index contributed by atoms with van der Waals surface area (Å²) in [5.41, 5.74) is 0. The average Bonchev–Trinajstić information content (AvgIpc) is 2.93. The molecule has 0 bridgehead atoms. The van der Waals surface area contributed by atoms with Crippen molar-refractivity contribution >= 4 is 17.9 Å². The van der Waals surface area contributed by atoms with E-state index in [1.165, 1.54) is 19.3 Å². The van der Waals surface area contributed by atoms with E-state index >= 15 is 0 Å². The second-order valence-corrected chi connectivity index (χ2v) is 7.87. The summed E-state index contributed by atoms with van der Waals surface area (Å²) >= 11 is 0. The van der Waals surface area contributed by atoms with Crippen LogP contribution in [0.3, 0.4) is 0 Å². The molecule has 4 unspecified atom stereocenters. The molecule has 0 spiro atoms. The van der Waals surface area contributed by atoms with Crippen LogP contribution >= 0.6 is 0 Å². The summed E-state index contributed by atoms with van der Waals surface area (Å²) in [4.78, 5) is 28.5. The zero-order valence-electron chi connectivity index (χ0n) is 15.1. The monoisotopic (exact) mass is 358 g/mol. The number of amides is 1. The summed E-state index contributed by atoms with van der Waals surface area (Å²) in [6.07, 6.45) is 6.76. The fourth-order valence-electron chi connectivity index (χ4n) is 5.42. The average molecular weight is 358 g/mol. The number of hydrogen-bond acceptors (Lipinski definition) is 5. The van der Waals surface area contributed by atoms with Crippen molar-refractivity contribution in [3.63, 3.8) is 0 Å². The van der Waals surface area contributed by atoms with E-state index in [1.807, 2.05) is 13.0 Å². The predicted octanol–water partition coefficient (Wildman–Crippen LogP) is 3.63. The van der Waals surface area contributed by atoms with Gasteiger partial charge in [0.2, 0.25) is 0 Å². The number of rotatable bonds is 3. The summed E-state index contributed by atoms with van der Waals surface area (Å²) in [6.45, 7) is 2.31. The third-order valence-electron chi connectivity index (χ3n) is 6.48. The third-order valence-corrected chi connectivity index (χ3v) is 6.48. The highest BCUT2D eigenvalue weighted by molar-refractivity contribution is 5.83. The molecule has 6 atom stereocenters. The standard InChI is InChI=1S/C20H26N2O4/c1-12-18-15(19(23)26-12)10-13-6-2-3-7-14(13)16(18)11-25-20(24)22-17-8-4-5-9-21-17/h4-5,8-9,12-16,18H,2-3,6-7,10-11H2,1H3,(H,21,22,24)/t12-,13?,14?,15?,16+,18?/m0/s1. The van der Waals surface area contributed by atoms with Crippen LogP contribution in [0.2, 0.25) is 0 Å². The molecule has 2 heterocycles. The maximum absolute atomic E-state index is 12.3. The molecule has 1 aliphatic heterocycles. The van der Waals surface area contributed by atoms with Gasteiger partial charge in [0, 0.05) is 18.0 Å². The first-order chi connectivity index (χ1) is 12.6. The zero-order chi connectivity index (χ0) is 18.1. The van der Waals surface area contributed by atoms with Crippen LogP contribution in [0.5, 0.6) is 0 Å². The number of anilines is 1. The molecule has 1 saturated heterocycles. The smallest absolute Gasteiger partial charge is 0.412 e. The molecule has 1 N–H and O–H groups in total. The van der Waals surface area contributed by atoms with Gasteiger partial charge in [0.1, 0.15) is 11.9 Å². The number of aromatic nitrogens is 1. The molecule has 3 fully saturated rings. The molecule has 26 heavy (non-hydrogen) atoms. The minimum atomic E-state index is -0.490. The number of hydrogen-bond donors (Lipinski definition) is 1. The quantitative estimate of drug-likeness (QED) is 0.835. The first kappa shape index (κ1) is 17.3. The summed E-state index contributed by atoms with van der Waals surface area (Å²) in [6, 6.07) is 5.32. The summed E-state index contributed by atoms with van der Waals surface area (Å²) in [5, 5.41) is 2.66. The number of nitrogens with one attached hydrogen (secondary N) is 1. The van der Waals surface area contributed by atoms with Crippen molar-refractivity contribution < 1.29 is 19.1 Å². The van der Waals surface area contributed by atoms with Crippen molar-refractivity contribution in [2.75, 3.05) is 11.9 Å². The highest BCUT2D eigenvalue weighted by atomic mass is 16.6. The maximum atomic E-state index is 12.3. The van der Waals surface area contributed by atoms with Crippen molar-refractivity contribution in [3.05, 3.63) is 24.4 Å². The number of esters is 1. The van der Waals surface area contributed by atoms with E-state index in [0.29, 0.717) is 24.3 Å². The highest BCUT2D eigenvalue weighted by Gasteiger charge is 2.54. The van der Waals surface area contributed by atoms with Crippen molar-refractivity contribution in [2.45, 2.75) is 45.1 Å². The molecule has 0 radical (unpaired) electrons. The molecule has 4 rings (SSSR count). The van der Waals surface area contributed by atoms with Gasteiger partial charge in [-0.2, -0.15) is 0 Å². The first-order valence-corrected chi connectivity index (χ1v) is 9.69. The Balaban J connectivity index is 1.45. The number of carbonyl (C=O) groups is 2. The molecule has 0 aromatic carbocycles. The van der Waals surface area contributed by atoms with E-state index in [1.54, 1.807) is 18.3 Å². The predicted molar refractivity (Wildman–Crippen MR) is 95.3 cm³/mol. The Kier molecular flexibility index (Phi) is 4.83. The van der Waals surface area contributed by atoms with Gasteiger partial charge >= 0.3 is 12.1 Å². The van der Waals surface area contributed by atoms with Gasteiger partial charge in [-0.05, 0) is 43.7 Å². The number of carbonyl (C=O) groups excluding carboxylic acids is 2. The van der Waals surface area contributed by atoms with Crippen LogP contribution in [-0.2, 0) is 14.3 Å². The van der Waals surface area contributed by atoms with Crippen LogP contribution in [0, 0.1) is 29.6 Å². The lowest BCUT2D eigenvalue weighted by molar-refractivity contribution is -0.144. The Morgan fingerprint density at radius 3 is 3.00 bits per heavy atom. The molecule has 6 nitrogen and oxygen atoms in total. The van der Waals surface area contributed by atoms with Gasteiger partial charge in [0.25, 0.3) is 0 Å². The topological polar surface area (TPSA) is 77.5 Å². The van der Waals surface area contributed by atoms with Crippen molar-refractivity contribution in [2.24, 2.45) is 29.6 Å². The van der Waals surface area contributed by atoms with Gasteiger partial charge in [0.05, 0.1) is 12.5 Å². The fraction of sp³-hybridized carbons (Fsp3) is 0.650. The maximum Gasteiger partial charge on any atom is 0.412 e. The highest BCUT2D eigenvalue weighted by Crippen LogP contribution is 2.53. The summed E-state index contributed by atoms with van der Waals surface area (Å²) < 4.78 is 11.1. The SMILES string of the molecule is C[C@@H]1OC(=O)C2CC3CCCCC3[C@@H](COC(=O)Nc3ccccn3)C21. The van der Waals surface area contributed by atoms with Gasteiger partial charge in [-0.15, -0.1) is 0 Å². The molecule has 2 saturated carbocycles. The molecule has 3 aliphatic rings. The molecule has 1 aromatic heterocycles. The van der Waals surface area contributed by atoms with E-state index in [-0.39, 0.29) is 29.8 Å². The Morgan fingerprint density at radius 2 is 2.19 bits per heavy atom. The molecule has 1 aromatic rings. The molecule has 140 valence electrons. The number of cyclic esters (lactones) is 1. The zero-order valence-corrected chi connectivity index (χ0v) is 15.1. The van der Waals surface area contributed by atoms with Crippen LogP contribution < -0.4 is 5.32 Å². The Hall–Kier alpha value is -2.11. The van der Waals surface area contributed by atoms with Crippen LogP contribution in [0.15, 0.2) is 24.4 Å². The molecular formula is C20H26N2O4. The number of ether oxygens (including phenoxy) is 2. The van der Waals surface area contributed by atoms with Crippen LogP contribution in [0.25, 0.3) is 0 Å². The second-order valence-electron chi connectivity index (χ2n) is 7.87. The van der Waals surface area contributed by atoms with Gasteiger partial charge in [-0.1, -0.05) is 25.3 Å². The van der Waals surface area contributed by atoms with Crippen LogP contribution in [0.1, 0.15) is 39.0 Å². The van der Waals surface area contributed by atoms with Crippen molar-refractivity contribution in [1.82, 2.24) is 4.98 Å². The second kappa shape index (κ2) is 7.25.